The Balaban J connectivity index is 1.26. The standard InChI is InChI=1S/C24H23F2N5O2/c1-12-27-23-20(33-12)10-16(24(32)22(23)26)17-2-3-19-18(29-17)4-5-21(30-19)31-7-6-14(11-31)28-15-8-13(25)9-15/h2-5,10,13-15,28,32H,6-9,11H2,1H3/t13?,14-,15?/m1/s1. The van der Waals surface area contributed by atoms with Gasteiger partial charge < -0.3 is 19.7 Å². The summed E-state index contributed by atoms with van der Waals surface area (Å²) in [6.45, 7) is 3.34. The van der Waals surface area contributed by atoms with E-state index >= 15 is 0 Å². The van der Waals surface area contributed by atoms with Gasteiger partial charge in [0.05, 0.1) is 16.7 Å². The molecule has 2 fully saturated rings. The van der Waals surface area contributed by atoms with Gasteiger partial charge in [-0.2, -0.15) is 0 Å². The minimum absolute atomic E-state index is 0.000995. The lowest BCUT2D eigenvalue weighted by Crippen LogP contribution is -2.48. The van der Waals surface area contributed by atoms with Gasteiger partial charge in [0.15, 0.2) is 23.0 Å². The molecule has 0 bridgehead atoms. The Hall–Kier alpha value is -3.33. The molecule has 6 rings (SSSR count). The number of phenols is 1. The van der Waals surface area contributed by atoms with Gasteiger partial charge in [-0.1, -0.05) is 0 Å². The molecule has 0 radical (unpaired) electrons. The number of hydrogen-bond acceptors (Lipinski definition) is 7. The fraction of sp³-hybridized carbons (Fsp3) is 0.375. The second-order valence-corrected chi connectivity index (χ2v) is 8.93. The normalized spacial score (nSPS) is 22.9. The van der Waals surface area contributed by atoms with Crippen molar-refractivity contribution < 1.29 is 18.3 Å². The number of benzene rings is 1. The molecule has 1 atom stereocenters. The van der Waals surface area contributed by atoms with Crippen molar-refractivity contribution in [3.8, 4) is 17.0 Å². The zero-order valence-corrected chi connectivity index (χ0v) is 18.1. The van der Waals surface area contributed by atoms with Crippen LogP contribution in [0, 0.1) is 12.7 Å². The number of fused-ring (bicyclic) bond motifs is 2. The molecule has 1 aromatic carbocycles. The first-order valence-electron chi connectivity index (χ1n) is 11.2. The molecule has 33 heavy (non-hydrogen) atoms. The number of nitrogens with zero attached hydrogens (tertiary/aromatic N) is 4. The van der Waals surface area contributed by atoms with Gasteiger partial charge in [-0.15, -0.1) is 0 Å². The van der Waals surface area contributed by atoms with Crippen LogP contribution in [0.25, 0.3) is 33.4 Å². The summed E-state index contributed by atoms with van der Waals surface area (Å²) in [6, 6.07) is 9.51. The summed E-state index contributed by atoms with van der Waals surface area (Å²) in [5.41, 5.74) is 2.27. The second kappa shape index (κ2) is 7.62. The number of nitrogens with one attached hydrogen (secondary N) is 1. The first-order valence-corrected chi connectivity index (χ1v) is 11.2. The molecule has 0 unspecified atom stereocenters. The molecule has 1 saturated heterocycles. The van der Waals surface area contributed by atoms with Gasteiger partial charge in [0, 0.05) is 37.7 Å². The van der Waals surface area contributed by atoms with Crippen LogP contribution in [0.4, 0.5) is 14.6 Å². The van der Waals surface area contributed by atoms with E-state index in [1.807, 2.05) is 18.2 Å². The predicted octanol–water partition coefficient (Wildman–Crippen LogP) is 4.26. The van der Waals surface area contributed by atoms with Crippen molar-refractivity contribution in [2.24, 2.45) is 0 Å². The lowest BCUT2D eigenvalue weighted by molar-refractivity contribution is 0.148. The van der Waals surface area contributed by atoms with Crippen LogP contribution in [-0.4, -0.2) is 51.4 Å². The number of aromatic hydroxyl groups is 1. The summed E-state index contributed by atoms with van der Waals surface area (Å²) >= 11 is 0. The van der Waals surface area contributed by atoms with Gasteiger partial charge in [-0.3, -0.25) is 0 Å². The van der Waals surface area contributed by atoms with Crippen molar-refractivity contribution in [3.63, 3.8) is 0 Å². The van der Waals surface area contributed by atoms with Gasteiger partial charge in [0.2, 0.25) is 0 Å². The first kappa shape index (κ1) is 20.3. The molecule has 1 aliphatic heterocycles. The number of hydrogen-bond donors (Lipinski definition) is 2. The van der Waals surface area contributed by atoms with Crippen molar-refractivity contribution in [1.29, 1.82) is 0 Å². The van der Waals surface area contributed by atoms with E-state index in [2.05, 4.69) is 20.2 Å². The first-order chi connectivity index (χ1) is 15.9. The molecule has 1 saturated carbocycles. The monoisotopic (exact) mass is 451 g/mol. The van der Waals surface area contributed by atoms with Gasteiger partial charge in [-0.05, 0) is 49.6 Å². The molecule has 2 N–H and O–H groups in total. The van der Waals surface area contributed by atoms with Gasteiger partial charge >= 0.3 is 0 Å². The van der Waals surface area contributed by atoms with E-state index in [9.17, 15) is 13.9 Å². The largest absolute Gasteiger partial charge is 0.504 e. The third-order valence-electron chi connectivity index (χ3n) is 6.57. The highest BCUT2D eigenvalue weighted by atomic mass is 19.1. The maximum absolute atomic E-state index is 14.6. The van der Waals surface area contributed by atoms with Crippen LogP contribution < -0.4 is 10.2 Å². The van der Waals surface area contributed by atoms with Crippen LogP contribution in [0.1, 0.15) is 25.2 Å². The number of halogens is 2. The molecule has 2 aliphatic rings. The Bertz CT molecular complexity index is 1370. The van der Waals surface area contributed by atoms with Crippen LogP contribution in [0.2, 0.25) is 0 Å². The smallest absolute Gasteiger partial charge is 0.195 e. The average Bonchev–Trinajstić information content (AvgIpc) is 3.41. The number of aryl methyl sites for hydroxylation is 1. The third-order valence-corrected chi connectivity index (χ3v) is 6.57. The van der Waals surface area contributed by atoms with Crippen molar-refractivity contribution in [3.05, 3.63) is 42.0 Å². The lowest BCUT2D eigenvalue weighted by atomic mass is 9.90. The second-order valence-electron chi connectivity index (χ2n) is 8.93. The molecule has 0 spiro atoms. The zero-order chi connectivity index (χ0) is 22.7. The Kier molecular flexibility index (Phi) is 4.69. The average molecular weight is 451 g/mol. The summed E-state index contributed by atoms with van der Waals surface area (Å²) in [5, 5.41) is 13.9. The van der Waals surface area contributed by atoms with E-state index in [-0.39, 0.29) is 16.7 Å². The van der Waals surface area contributed by atoms with Gasteiger partial charge in [0.25, 0.3) is 0 Å². The Morgan fingerprint density at radius 3 is 2.70 bits per heavy atom. The topological polar surface area (TPSA) is 87.3 Å². The van der Waals surface area contributed by atoms with Crippen molar-refractivity contribution in [2.75, 3.05) is 18.0 Å². The number of pyridine rings is 2. The van der Waals surface area contributed by atoms with Crippen molar-refractivity contribution in [2.45, 2.75) is 44.4 Å². The van der Waals surface area contributed by atoms with Gasteiger partial charge in [-0.25, -0.2) is 23.7 Å². The van der Waals surface area contributed by atoms with E-state index < -0.39 is 17.7 Å². The van der Waals surface area contributed by atoms with Crippen molar-refractivity contribution >= 4 is 28.0 Å². The Labute approximate surface area is 188 Å². The number of phenolic OH excluding ortho intramolecular Hbond substituents is 1. The molecule has 7 nitrogen and oxygen atoms in total. The van der Waals surface area contributed by atoms with E-state index in [1.54, 1.807) is 19.1 Å². The highest BCUT2D eigenvalue weighted by Gasteiger charge is 2.33. The number of oxazole rings is 1. The van der Waals surface area contributed by atoms with E-state index in [0.717, 1.165) is 25.3 Å². The minimum atomic E-state index is -0.823. The molecule has 4 aromatic rings. The van der Waals surface area contributed by atoms with E-state index in [0.29, 0.717) is 47.5 Å². The summed E-state index contributed by atoms with van der Waals surface area (Å²) in [6.07, 6.45) is 1.57. The van der Waals surface area contributed by atoms with E-state index in [4.69, 9.17) is 9.40 Å². The van der Waals surface area contributed by atoms with Crippen LogP contribution in [0.15, 0.2) is 34.7 Å². The molecule has 1 aliphatic carbocycles. The fourth-order valence-electron chi connectivity index (χ4n) is 4.77. The quantitative estimate of drug-likeness (QED) is 0.479. The molecule has 170 valence electrons. The number of rotatable bonds is 4. The summed E-state index contributed by atoms with van der Waals surface area (Å²) in [4.78, 5) is 15.5. The summed E-state index contributed by atoms with van der Waals surface area (Å²) < 4.78 is 33.1. The van der Waals surface area contributed by atoms with Crippen LogP contribution in [0.3, 0.4) is 0 Å². The minimum Gasteiger partial charge on any atom is -0.504 e. The number of alkyl halides is 1. The maximum Gasteiger partial charge on any atom is 0.195 e. The lowest BCUT2D eigenvalue weighted by Gasteiger charge is -2.33. The van der Waals surface area contributed by atoms with Crippen LogP contribution in [0.5, 0.6) is 5.75 Å². The molecule has 3 aromatic heterocycles. The summed E-state index contributed by atoms with van der Waals surface area (Å²) in [5.74, 6) is -0.141. The molecule has 9 heteroatoms. The SMILES string of the molecule is Cc1nc2c(F)c(O)c(-c3ccc4nc(N5CC[C@@H](NC6CC(F)C6)C5)ccc4n3)cc2o1. The molecular formula is C24H23F2N5O2. The Morgan fingerprint density at radius 1 is 1.09 bits per heavy atom. The Morgan fingerprint density at radius 2 is 1.88 bits per heavy atom. The van der Waals surface area contributed by atoms with Crippen LogP contribution in [-0.2, 0) is 0 Å². The number of anilines is 1. The van der Waals surface area contributed by atoms with Crippen molar-refractivity contribution in [1.82, 2.24) is 20.3 Å². The maximum atomic E-state index is 14.6. The molecular weight excluding hydrogens is 428 g/mol. The zero-order valence-electron chi connectivity index (χ0n) is 18.1. The van der Waals surface area contributed by atoms with Gasteiger partial charge in [0.1, 0.15) is 17.5 Å². The fourth-order valence-corrected chi connectivity index (χ4v) is 4.77. The number of aromatic nitrogens is 3. The predicted molar refractivity (Wildman–Crippen MR) is 121 cm³/mol. The highest BCUT2D eigenvalue weighted by molar-refractivity contribution is 5.87. The van der Waals surface area contributed by atoms with Crippen LogP contribution >= 0.6 is 0 Å². The molecule has 4 heterocycles. The third kappa shape index (κ3) is 3.56. The summed E-state index contributed by atoms with van der Waals surface area (Å²) in [7, 11) is 0. The highest BCUT2D eigenvalue weighted by Crippen LogP contribution is 2.36. The molecule has 0 amide bonds. The van der Waals surface area contributed by atoms with E-state index in [1.165, 1.54) is 0 Å².